The number of aromatic nitrogens is 1. The van der Waals surface area contributed by atoms with Gasteiger partial charge < -0.3 is 10.2 Å². The average Bonchev–Trinajstić information content (AvgIpc) is 2.55. The number of aryl methyl sites for hydroxylation is 1. The van der Waals surface area contributed by atoms with Gasteiger partial charge in [0.05, 0.1) is 18.3 Å². The lowest BCUT2D eigenvalue weighted by Gasteiger charge is -2.22. The van der Waals surface area contributed by atoms with Crippen LogP contribution < -0.4 is 10.2 Å². The molecule has 1 amide bonds. The molecule has 2 rings (SSSR count). The molecular formula is C20H27N3O. The molecule has 0 atom stereocenters. The molecule has 4 heteroatoms. The fourth-order valence-corrected chi connectivity index (χ4v) is 2.74. The molecule has 1 heterocycles. The van der Waals surface area contributed by atoms with E-state index in [1.54, 1.807) is 6.20 Å². The zero-order valence-corrected chi connectivity index (χ0v) is 14.9. The number of hydrogen-bond acceptors (Lipinski definition) is 3. The molecule has 0 radical (unpaired) electrons. The predicted octanol–water partition coefficient (Wildman–Crippen LogP) is 4.20. The van der Waals surface area contributed by atoms with Gasteiger partial charge in [0, 0.05) is 13.1 Å². The van der Waals surface area contributed by atoms with Crippen molar-refractivity contribution in [3.8, 4) is 0 Å². The first-order chi connectivity index (χ1) is 11.6. The molecule has 0 unspecified atom stereocenters. The van der Waals surface area contributed by atoms with Crippen LogP contribution in [0.3, 0.4) is 0 Å². The molecule has 2 aromatic rings. The molecule has 0 fully saturated rings. The fraction of sp³-hybridized carbons (Fsp3) is 0.400. The Hall–Kier alpha value is -2.36. The van der Waals surface area contributed by atoms with Crippen molar-refractivity contribution in [2.24, 2.45) is 0 Å². The summed E-state index contributed by atoms with van der Waals surface area (Å²) in [7, 11) is 0. The summed E-state index contributed by atoms with van der Waals surface area (Å²) in [6.45, 7) is 8.37. The van der Waals surface area contributed by atoms with Gasteiger partial charge in [0.15, 0.2) is 0 Å². The Kier molecular flexibility index (Phi) is 6.79. The monoisotopic (exact) mass is 325 g/mol. The number of carbonyl (C=O) groups excluding carboxylic acids is 1. The van der Waals surface area contributed by atoms with E-state index in [1.807, 2.05) is 43.3 Å². The first-order valence-electron chi connectivity index (χ1n) is 8.68. The molecule has 128 valence electrons. The highest BCUT2D eigenvalue weighted by Gasteiger charge is 2.08. The molecule has 0 aliphatic heterocycles. The van der Waals surface area contributed by atoms with Crippen LogP contribution in [0.15, 0.2) is 42.6 Å². The van der Waals surface area contributed by atoms with Gasteiger partial charge in [0.25, 0.3) is 0 Å². The van der Waals surface area contributed by atoms with Crippen molar-refractivity contribution >= 4 is 17.4 Å². The Morgan fingerprint density at radius 2 is 1.88 bits per heavy atom. The van der Waals surface area contributed by atoms with Crippen molar-refractivity contribution in [2.45, 2.75) is 40.0 Å². The Morgan fingerprint density at radius 1 is 1.12 bits per heavy atom. The highest BCUT2D eigenvalue weighted by Crippen LogP contribution is 2.15. The Labute approximate surface area is 144 Å². The van der Waals surface area contributed by atoms with Gasteiger partial charge in [-0.1, -0.05) is 43.7 Å². The van der Waals surface area contributed by atoms with Crippen molar-refractivity contribution < 1.29 is 4.79 Å². The van der Waals surface area contributed by atoms with Gasteiger partial charge in [-0.3, -0.25) is 4.79 Å². The van der Waals surface area contributed by atoms with Crippen LogP contribution in [0.1, 0.15) is 37.8 Å². The lowest BCUT2D eigenvalue weighted by molar-refractivity contribution is -0.115. The van der Waals surface area contributed by atoms with Gasteiger partial charge in [-0.05, 0) is 37.5 Å². The lowest BCUT2D eigenvalue weighted by atomic mass is 10.1. The quantitative estimate of drug-likeness (QED) is 0.791. The minimum absolute atomic E-state index is 0.0193. The molecule has 0 spiro atoms. The maximum absolute atomic E-state index is 12.2. The number of hydrogen-bond donors (Lipinski definition) is 1. The molecule has 4 nitrogen and oxygen atoms in total. The third-order valence-corrected chi connectivity index (χ3v) is 3.79. The summed E-state index contributed by atoms with van der Waals surface area (Å²) in [4.78, 5) is 18.9. The third-order valence-electron chi connectivity index (χ3n) is 3.79. The topological polar surface area (TPSA) is 45.2 Å². The van der Waals surface area contributed by atoms with Gasteiger partial charge in [-0.15, -0.1) is 0 Å². The van der Waals surface area contributed by atoms with E-state index in [4.69, 9.17) is 0 Å². The van der Waals surface area contributed by atoms with Crippen LogP contribution in [-0.4, -0.2) is 24.0 Å². The highest BCUT2D eigenvalue weighted by molar-refractivity contribution is 5.92. The van der Waals surface area contributed by atoms with Crippen molar-refractivity contribution in [2.75, 3.05) is 23.3 Å². The molecular weight excluding hydrogens is 298 g/mol. The molecule has 0 saturated carbocycles. The highest BCUT2D eigenvalue weighted by atomic mass is 16.1. The molecule has 24 heavy (non-hydrogen) atoms. The van der Waals surface area contributed by atoms with E-state index in [1.165, 1.54) is 5.56 Å². The summed E-state index contributed by atoms with van der Waals surface area (Å²) in [5, 5.41) is 2.92. The SMILES string of the molecule is CCCN(CCC)c1ccc(NC(=O)Cc2cccc(C)c2)cn1. The average molecular weight is 325 g/mol. The summed E-state index contributed by atoms with van der Waals surface area (Å²) in [5.74, 6) is 0.949. The summed E-state index contributed by atoms with van der Waals surface area (Å²) >= 11 is 0. The second-order valence-electron chi connectivity index (χ2n) is 6.11. The van der Waals surface area contributed by atoms with E-state index < -0.39 is 0 Å². The van der Waals surface area contributed by atoms with Gasteiger partial charge in [0.2, 0.25) is 5.91 Å². The molecule has 0 aliphatic rings. The third kappa shape index (κ3) is 5.37. The second-order valence-corrected chi connectivity index (χ2v) is 6.11. The van der Waals surface area contributed by atoms with Gasteiger partial charge in [-0.25, -0.2) is 4.98 Å². The van der Waals surface area contributed by atoms with E-state index in [2.05, 4.69) is 29.0 Å². The van der Waals surface area contributed by atoms with Crippen LogP contribution in [0.25, 0.3) is 0 Å². The summed E-state index contributed by atoms with van der Waals surface area (Å²) in [6.07, 6.45) is 4.30. The van der Waals surface area contributed by atoms with Crippen LogP contribution >= 0.6 is 0 Å². The maximum atomic E-state index is 12.2. The van der Waals surface area contributed by atoms with Crippen molar-refractivity contribution in [1.82, 2.24) is 4.98 Å². The van der Waals surface area contributed by atoms with Gasteiger partial charge in [0.1, 0.15) is 5.82 Å². The first kappa shape index (κ1) is 18.0. The minimum atomic E-state index is -0.0193. The van der Waals surface area contributed by atoms with Crippen LogP contribution in [0, 0.1) is 6.92 Å². The number of benzene rings is 1. The van der Waals surface area contributed by atoms with Crippen molar-refractivity contribution in [1.29, 1.82) is 0 Å². The van der Waals surface area contributed by atoms with Crippen molar-refractivity contribution in [3.05, 3.63) is 53.7 Å². The number of carbonyl (C=O) groups is 1. The van der Waals surface area contributed by atoms with Crippen LogP contribution in [-0.2, 0) is 11.2 Å². The predicted molar refractivity (Wildman–Crippen MR) is 101 cm³/mol. The van der Waals surface area contributed by atoms with Crippen LogP contribution in [0.5, 0.6) is 0 Å². The van der Waals surface area contributed by atoms with Gasteiger partial charge >= 0.3 is 0 Å². The standard InChI is InChI=1S/C20H27N3O/c1-4-11-23(12-5-2)19-10-9-18(15-21-19)22-20(24)14-17-8-6-7-16(3)13-17/h6-10,13,15H,4-5,11-12,14H2,1-3H3,(H,22,24). The molecule has 1 aromatic heterocycles. The first-order valence-corrected chi connectivity index (χ1v) is 8.68. The minimum Gasteiger partial charge on any atom is -0.357 e. The number of nitrogens with zero attached hydrogens (tertiary/aromatic N) is 2. The zero-order chi connectivity index (χ0) is 17.4. The molecule has 0 saturated heterocycles. The number of rotatable bonds is 8. The molecule has 1 N–H and O–H groups in total. The number of pyridine rings is 1. The Morgan fingerprint density at radius 3 is 2.46 bits per heavy atom. The number of amides is 1. The molecule has 0 bridgehead atoms. The lowest BCUT2D eigenvalue weighted by Crippen LogP contribution is -2.25. The summed E-state index contributed by atoms with van der Waals surface area (Å²) < 4.78 is 0. The van der Waals surface area contributed by atoms with Crippen molar-refractivity contribution in [3.63, 3.8) is 0 Å². The fourth-order valence-electron chi connectivity index (χ4n) is 2.74. The normalized spacial score (nSPS) is 10.5. The second kappa shape index (κ2) is 9.06. The van der Waals surface area contributed by atoms with E-state index in [9.17, 15) is 4.79 Å². The molecule has 1 aromatic carbocycles. The maximum Gasteiger partial charge on any atom is 0.228 e. The van der Waals surface area contributed by atoms with Crippen LogP contribution in [0.4, 0.5) is 11.5 Å². The summed E-state index contributed by atoms with van der Waals surface area (Å²) in [5.41, 5.74) is 2.93. The van der Waals surface area contributed by atoms with E-state index in [0.717, 1.165) is 43.0 Å². The van der Waals surface area contributed by atoms with Gasteiger partial charge in [-0.2, -0.15) is 0 Å². The summed E-state index contributed by atoms with van der Waals surface area (Å²) in [6, 6.07) is 11.9. The van der Waals surface area contributed by atoms with Crippen LogP contribution in [0.2, 0.25) is 0 Å². The van der Waals surface area contributed by atoms with E-state index in [-0.39, 0.29) is 5.91 Å². The number of nitrogens with one attached hydrogen (secondary N) is 1. The smallest absolute Gasteiger partial charge is 0.228 e. The molecule has 0 aliphatic carbocycles. The largest absolute Gasteiger partial charge is 0.357 e. The number of anilines is 2. The Balaban J connectivity index is 1.96. The van der Waals surface area contributed by atoms with E-state index in [0.29, 0.717) is 6.42 Å². The van der Waals surface area contributed by atoms with E-state index >= 15 is 0 Å². The zero-order valence-electron chi connectivity index (χ0n) is 14.9. The Bertz CT molecular complexity index is 646.